The molecule has 3 aromatic heterocycles. The number of halogens is 2. The second-order valence-electron chi connectivity index (χ2n) is 11.0. The molecule has 0 saturated carbocycles. The highest BCUT2D eigenvalue weighted by molar-refractivity contribution is 7.98. The van der Waals surface area contributed by atoms with E-state index in [0.29, 0.717) is 29.5 Å². The molecule has 12 heteroatoms. The van der Waals surface area contributed by atoms with Gasteiger partial charge in [-0.25, -0.2) is 19.3 Å². The maximum Gasteiger partial charge on any atom is 0.228 e. The number of thioether (sulfide) groups is 1. The molecule has 0 saturated heterocycles. The van der Waals surface area contributed by atoms with Gasteiger partial charge in [0.25, 0.3) is 0 Å². The van der Waals surface area contributed by atoms with Crippen LogP contribution in [0.1, 0.15) is 36.6 Å². The van der Waals surface area contributed by atoms with E-state index in [0.717, 1.165) is 34.0 Å². The third-order valence-corrected chi connectivity index (χ3v) is 8.88. The third kappa shape index (κ3) is 6.21. The van der Waals surface area contributed by atoms with Crippen molar-refractivity contribution in [3.8, 4) is 17.4 Å². The number of rotatable bonds is 10. The summed E-state index contributed by atoms with van der Waals surface area (Å²) in [5.74, 6) is 2.47. The SMILES string of the molecule is COc1ccc(CN(Cc2ccc(OC)cc2)c2ncccc2C(C)N2c3nc(SC)nc4c(F)c(Cl)nc(c34)OC[C@@H]2C)cc1. The Morgan fingerprint density at radius 1 is 1.00 bits per heavy atom. The topological polar surface area (TPSA) is 85.7 Å². The van der Waals surface area contributed by atoms with Crippen molar-refractivity contribution >= 4 is 45.9 Å². The highest BCUT2D eigenvalue weighted by Crippen LogP contribution is 2.43. The van der Waals surface area contributed by atoms with E-state index >= 15 is 4.39 Å². The second kappa shape index (κ2) is 13.6. The van der Waals surface area contributed by atoms with Gasteiger partial charge in [-0.1, -0.05) is 53.7 Å². The number of hydrogen-bond donors (Lipinski definition) is 0. The molecule has 0 spiro atoms. The van der Waals surface area contributed by atoms with Gasteiger partial charge in [0.2, 0.25) is 5.88 Å². The Labute approximate surface area is 276 Å². The fourth-order valence-electron chi connectivity index (χ4n) is 5.77. The van der Waals surface area contributed by atoms with Crippen LogP contribution in [0.5, 0.6) is 17.4 Å². The first-order valence-corrected chi connectivity index (χ1v) is 16.4. The summed E-state index contributed by atoms with van der Waals surface area (Å²) < 4.78 is 32.3. The minimum absolute atomic E-state index is 0.0858. The smallest absolute Gasteiger partial charge is 0.228 e. The third-order valence-electron chi connectivity index (χ3n) is 8.08. The average Bonchev–Trinajstić information content (AvgIpc) is 3.22. The summed E-state index contributed by atoms with van der Waals surface area (Å²) in [5, 5.41) is 0.540. The lowest BCUT2D eigenvalue weighted by Gasteiger charge is -2.37. The van der Waals surface area contributed by atoms with E-state index in [-0.39, 0.29) is 35.2 Å². The maximum absolute atomic E-state index is 15.4. The van der Waals surface area contributed by atoms with Crippen LogP contribution in [0.4, 0.5) is 16.0 Å². The molecule has 1 unspecified atom stereocenters. The van der Waals surface area contributed by atoms with Crippen LogP contribution < -0.4 is 24.0 Å². The van der Waals surface area contributed by atoms with Crippen LogP contribution in [-0.2, 0) is 13.1 Å². The lowest BCUT2D eigenvalue weighted by molar-refractivity contribution is 0.281. The number of anilines is 2. The number of benzene rings is 2. The standard InChI is InChI=1S/C34H34ClFN6O3S/c1-20-19-45-33-27-29(28(36)30(35)39-33)38-34(46-5)40-32(27)42(20)21(2)26-7-6-16-37-31(26)41(17-22-8-12-24(43-3)13-9-22)18-23-10-14-25(44-4)15-11-23/h6-16,20-21H,17-19H2,1-5H3/t20-,21?/m0/s1. The number of ether oxygens (including phenoxy) is 3. The molecule has 6 rings (SSSR count). The lowest BCUT2D eigenvalue weighted by atomic mass is 10.0. The molecule has 238 valence electrons. The Hall–Kier alpha value is -4.35. The molecule has 5 aromatic rings. The number of methoxy groups -OCH3 is 2. The van der Waals surface area contributed by atoms with Gasteiger partial charge in [0.05, 0.1) is 26.3 Å². The van der Waals surface area contributed by atoms with E-state index in [4.69, 9.17) is 35.8 Å². The number of pyridine rings is 2. The highest BCUT2D eigenvalue weighted by atomic mass is 35.5. The summed E-state index contributed by atoms with van der Waals surface area (Å²) in [4.78, 5) is 22.9. The Kier molecular flexibility index (Phi) is 9.32. The first kappa shape index (κ1) is 31.6. The summed E-state index contributed by atoms with van der Waals surface area (Å²) in [7, 11) is 3.32. The van der Waals surface area contributed by atoms with Gasteiger partial charge in [0.1, 0.15) is 40.6 Å². The monoisotopic (exact) mass is 660 g/mol. The van der Waals surface area contributed by atoms with Crippen molar-refractivity contribution in [3.05, 3.63) is 94.5 Å². The van der Waals surface area contributed by atoms with E-state index in [1.165, 1.54) is 11.8 Å². The van der Waals surface area contributed by atoms with Crippen LogP contribution in [0.25, 0.3) is 10.9 Å². The molecule has 4 heterocycles. The molecular formula is C34H34ClFN6O3S. The molecule has 0 bridgehead atoms. The van der Waals surface area contributed by atoms with E-state index in [1.807, 2.05) is 36.6 Å². The van der Waals surface area contributed by atoms with Gasteiger partial charge < -0.3 is 24.0 Å². The molecule has 0 fully saturated rings. The predicted molar refractivity (Wildman–Crippen MR) is 180 cm³/mol. The van der Waals surface area contributed by atoms with Crippen LogP contribution in [0.15, 0.2) is 72.0 Å². The van der Waals surface area contributed by atoms with E-state index in [9.17, 15) is 0 Å². The number of hydrogen-bond acceptors (Lipinski definition) is 10. The number of nitrogens with zero attached hydrogens (tertiary/aromatic N) is 6. The van der Waals surface area contributed by atoms with Crippen LogP contribution in [0.2, 0.25) is 5.15 Å². The lowest BCUT2D eigenvalue weighted by Crippen LogP contribution is -2.39. The molecule has 1 aliphatic rings. The molecule has 46 heavy (non-hydrogen) atoms. The van der Waals surface area contributed by atoms with Gasteiger partial charge in [0.15, 0.2) is 16.1 Å². The van der Waals surface area contributed by atoms with Crippen molar-refractivity contribution < 1.29 is 18.6 Å². The van der Waals surface area contributed by atoms with Gasteiger partial charge in [0, 0.05) is 24.8 Å². The molecule has 0 N–H and O–H groups in total. The second-order valence-corrected chi connectivity index (χ2v) is 12.1. The Balaban J connectivity index is 1.46. The summed E-state index contributed by atoms with van der Waals surface area (Å²) in [5.41, 5.74) is 3.26. The Morgan fingerprint density at radius 2 is 1.63 bits per heavy atom. The Bertz CT molecular complexity index is 1800. The molecule has 1 aliphatic heterocycles. The Morgan fingerprint density at radius 3 is 2.22 bits per heavy atom. The largest absolute Gasteiger partial charge is 0.497 e. The first-order valence-electron chi connectivity index (χ1n) is 14.8. The zero-order chi connectivity index (χ0) is 32.4. The fraction of sp³-hybridized carbons (Fsp3) is 0.294. The van der Waals surface area contributed by atoms with Gasteiger partial charge >= 0.3 is 0 Å². The van der Waals surface area contributed by atoms with Crippen molar-refractivity contribution in [2.45, 2.75) is 44.2 Å². The quantitative estimate of drug-likeness (QED) is 0.0852. The van der Waals surface area contributed by atoms with E-state index in [2.05, 4.69) is 63.9 Å². The normalized spacial score (nSPS) is 14.8. The van der Waals surface area contributed by atoms with Crippen molar-refractivity contribution in [1.82, 2.24) is 19.9 Å². The van der Waals surface area contributed by atoms with E-state index in [1.54, 1.807) is 20.4 Å². The minimum atomic E-state index is -0.697. The molecule has 2 aromatic carbocycles. The first-order chi connectivity index (χ1) is 22.3. The highest BCUT2D eigenvalue weighted by Gasteiger charge is 2.34. The average molecular weight is 661 g/mol. The van der Waals surface area contributed by atoms with Gasteiger partial charge in [-0.05, 0) is 61.6 Å². The molecule has 2 atom stereocenters. The van der Waals surface area contributed by atoms with Crippen molar-refractivity contribution in [3.63, 3.8) is 0 Å². The summed E-state index contributed by atoms with van der Waals surface area (Å²) >= 11 is 7.51. The summed E-state index contributed by atoms with van der Waals surface area (Å²) in [6.07, 6.45) is 3.66. The molecule has 0 radical (unpaired) electrons. The fourth-order valence-corrected chi connectivity index (χ4v) is 6.30. The van der Waals surface area contributed by atoms with E-state index < -0.39 is 5.82 Å². The zero-order valence-corrected chi connectivity index (χ0v) is 27.8. The summed E-state index contributed by atoms with van der Waals surface area (Å²) in [6.45, 7) is 5.63. The number of aromatic nitrogens is 4. The van der Waals surface area contributed by atoms with Crippen LogP contribution in [-0.4, -0.2) is 53.1 Å². The van der Waals surface area contributed by atoms with Crippen molar-refractivity contribution in [1.29, 1.82) is 0 Å². The minimum Gasteiger partial charge on any atom is -0.497 e. The van der Waals surface area contributed by atoms with Crippen molar-refractivity contribution in [2.75, 3.05) is 36.9 Å². The van der Waals surface area contributed by atoms with Crippen LogP contribution in [0.3, 0.4) is 0 Å². The maximum atomic E-state index is 15.4. The molecule has 9 nitrogen and oxygen atoms in total. The zero-order valence-electron chi connectivity index (χ0n) is 26.2. The van der Waals surface area contributed by atoms with Crippen molar-refractivity contribution in [2.24, 2.45) is 0 Å². The predicted octanol–water partition coefficient (Wildman–Crippen LogP) is 7.51. The molecular weight excluding hydrogens is 627 g/mol. The molecule has 0 amide bonds. The van der Waals surface area contributed by atoms with Gasteiger partial charge in [-0.15, -0.1) is 0 Å². The summed E-state index contributed by atoms with van der Waals surface area (Å²) in [6, 6.07) is 19.7. The molecule has 0 aliphatic carbocycles. The van der Waals surface area contributed by atoms with Gasteiger partial charge in [-0.2, -0.15) is 4.98 Å². The van der Waals surface area contributed by atoms with Crippen LogP contribution in [0, 0.1) is 5.82 Å². The van der Waals surface area contributed by atoms with Gasteiger partial charge in [-0.3, -0.25) is 0 Å². The van der Waals surface area contributed by atoms with Crippen LogP contribution >= 0.6 is 23.4 Å².